The Balaban J connectivity index is 1.95. The minimum atomic E-state index is 0.781. The van der Waals surface area contributed by atoms with Crippen LogP contribution >= 0.6 is 0 Å². The SMILES string of the molecule is Cc1cnccc1CNCc1c(C)noc1C. The van der Waals surface area contributed by atoms with Crippen LogP contribution in [0.15, 0.2) is 23.0 Å². The van der Waals surface area contributed by atoms with Gasteiger partial charge in [0.05, 0.1) is 5.69 Å². The molecule has 0 aromatic carbocycles. The second-order valence-electron chi connectivity index (χ2n) is 4.21. The van der Waals surface area contributed by atoms with Crippen molar-refractivity contribution in [1.29, 1.82) is 0 Å². The van der Waals surface area contributed by atoms with E-state index in [1.54, 1.807) is 0 Å². The van der Waals surface area contributed by atoms with Crippen LogP contribution in [0.25, 0.3) is 0 Å². The molecule has 0 bridgehead atoms. The minimum Gasteiger partial charge on any atom is -0.361 e. The lowest BCUT2D eigenvalue weighted by atomic mass is 10.1. The van der Waals surface area contributed by atoms with E-state index in [0.717, 1.165) is 30.1 Å². The van der Waals surface area contributed by atoms with Crippen LogP contribution < -0.4 is 5.32 Å². The maximum atomic E-state index is 5.12. The van der Waals surface area contributed by atoms with Crippen LogP contribution in [0.3, 0.4) is 0 Å². The van der Waals surface area contributed by atoms with Gasteiger partial charge in [-0.05, 0) is 38.0 Å². The Hall–Kier alpha value is -1.68. The maximum absolute atomic E-state index is 5.12. The Morgan fingerprint density at radius 3 is 2.71 bits per heavy atom. The molecule has 0 spiro atoms. The van der Waals surface area contributed by atoms with Crippen LogP contribution in [-0.4, -0.2) is 10.1 Å². The lowest BCUT2D eigenvalue weighted by Crippen LogP contribution is -2.14. The first-order chi connectivity index (χ1) is 8.18. The summed E-state index contributed by atoms with van der Waals surface area (Å²) in [7, 11) is 0. The number of aryl methyl sites for hydroxylation is 3. The molecule has 0 saturated carbocycles. The van der Waals surface area contributed by atoms with Gasteiger partial charge in [-0.15, -0.1) is 0 Å². The lowest BCUT2D eigenvalue weighted by molar-refractivity contribution is 0.392. The first-order valence-electron chi connectivity index (χ1n) is 5.70. The third-order valence-electron chi connectivity index (χ3n) is 2.93. The molecule has 0 amide bonds. The molecule has 17 heavy (non-hydrogen) atoms. The monoisotopic (exact) mass is 231 g/mol. The van der Waals surface area contributed by atoms with Crippen molar-refractivity contribution in [2.45, 2.75) is 33.9 Å². The quantitative estimate of drug-likeness (QED) is 0.877. The zero-order chi connectivity index (χ0) is 12.3. The summed E-state index contributed by atoms with van der Waals surface area (Å²) in [5, 5.41) is 7.33. The topological polar surface area (TPSA) is 51.0 Å². The maximum Gasteiger partial charge on any atom is 0.138 e. The fourth-order valence-corrected chi connectivity index (χ4v) is 1.78. The molecule has 4 nitrogen and oxygen atoms in total. The van der Waals surface area contributed by atoms with Crippen LogP contribution in [0.5, 0.6) is 0 Å². The van der Waals surface area contributed by atoms with E-state index >= 15 is 0 Å². The summed E-state index contributed by atoms with van der Waals surface area (Å²) in [4.78, 5) is 4.08. The molecule has 2 aromatic rings. The van der Waals surface area contributed by atoms with Crippen LogP contribution in [0.4, 0.5) is 0 Å². The van der Waals surface area contributed by atoms with Gasteiger partial charge in [-0.1, -0.05) is 5.16 Å². The molecule has 0 fully saturated rings. The average molecular weight is 231 g/mol. The molecule has 90 valence electrons. The molecular formula is C13H17N3O. The third-order valence-corrected chi connectivity index (χ3v) is 2.93. The second-order valence-corrected chi connectivity index (χ2v) is 4.21. The molecule has 0 saturated heterocycles. The predicted octanol–water partition coefficient (Wildman–Crippen LogP) is 2.28. The molecule has 0 aliphatic heterocycles. The number of nitrogens with zero attached hydrogens (tertiary/aromatic N) is 2. The molecule has 0 radical (unpaired) electrons. The van der Waals surface area contributed by atoms with Gasteiger partial charge in [-0.25, -0.2) is 0 Å². The van der Waals surface area contributed by atoms with Crippen LogP contribution in [-0.2, 0) is 13.1 Å². The fraction of sp³-hybridized carbons (Fsp3) is 0.385. The van der Waals surface area contributed by atoms with Gasteiger partial charge >= 0.3 is 0 Å². The van der Waals surface area contributed by atoms with E-state index in [1.165, 1.54) is 11.1 Å². The number of hydrogen-bond donors (Lipinski definition) is 1. The number of hydrogen-bond acceptors (Lipinski definition) is 4. The largest absolute Gasteiger partial charge is 0.361 e. The Kier molecular flexibility index (Phi) is 3.54. The summed E-state index contributed by atoms with van der Waals surface area (Å²) < 4.78 is 5.12. The molecule has 0 atom stereocenters. The smallest absolute Gasteiger partial charge is 0.138 e. The van der Waals surface area contributed by atoms with Crippen LogP contribution in [0.1, 0.15) is 28.1 Å². The lowest BCUT2D eigenvalue weighted by Gasteiger charge is -2.06. The van der Waals surface area contributed by atoms with Crippen LogP contribution in [0, 0.1) is 20.8 Å². The molecule has 0 unspecified atom stereocenters. The first-order valence-corrected chi connectivity index (χ1v) is 5.70. The number of rotatable bonds is 4. The van der Waals surface area contributed by atoms with Gasteiger partial charge in [0.2, 0.25) is 0 Å². The number of aromatic nitrogens is 2. The minimum absolute atomic E-state index is 0.781. The Morgan fingerprint density at radius 1 is 1.24 bits per heavy atom. The van der Waals surface area contributed by atoms with Crippen molar-refractivity contribution >= 4 is 0 Å². The van der Waals surface area contributed by atoms with Crippen molar-refractivity contribution < 1.29 is 4.52 Å². The molecule has 2 heterocycles. The van der Waals surface area contributed by atoms with Crippen LogP contribution in [0.2, 0.25) is 0 Å². The average Bonchev–Trinajstić information content (AvgIpc) is 2.63. The highest BCUT2D eigenvalue weighted by molar-refractivity contribution is 5.23. The van der Waals surface area contributed by atoms with Crippen molar-refractivity contribution in [1.82, 2.24) is 15.5 Å². The van der Waals surface area contributed by atoms with E-state index < -0.39 is 0 Å². The number of pyridine rings is 1. The highest BCUT2D eigenvalue weighted by Gasteiger charge is 2.08. The Labute approximate surface area is 101 Å². The van der Waals surface area contributed by atoms with Crippen molar-refractivity contribution in [2.24, 2.45) is 0 Å². The van der Waals surface area contributed by atoms with Gasteiger partial charge in [0.15, 0.2) is 0 Å². The summed E-state index contributed by atoms with van der Waals surface area (Å²) in [5.74, 6) is 0.890. The van der Waals surface area contributed by atoms with Gasteiger partial charge < -0.3 is 9.84 Å². The second kappa shape index (κ2) is 5.10. The highest BCUT2D eigenvalue weighted by Crippen LogP contribution is 2.12. The van der Waals surface area contributed by atoms with Gasteiger partial charge in [-0.3, -0.25) is 4.98 Å². The van der Waals surface area contributed by atoms with Gasteiger partial charge in [0.1, 0.15) is 5.76 Å². The van der Waals surface area contributed by atoms with Gasteiger partial charge in [-0.2, -0.15) is 0 Å². The summed E-state index contributed by atoms with van der Waals surface area (Å²) in [6.07, 6.45) is 3.70. The van der Waals surface area contributed by atoms with Crippen molar-refractivity contribution in [2.75, 3.05) is 0 Å². The predicted molar refractivity (Wildman–Crippen MR) is 65.5 cm³/mol. The molecule has 0 aliphatic rings. The van der Waals surface area contributed by atoms with Crippen molar-refractivity contribution in [3.63, 3.8) is 0 Å². The molecular weight excluding hydrogens is 214 g/mol. The third kappa shape index (κ3) is 2.71. The Morgan fingerprint density at radius 2 is 2.06 bits per heavy atom. The van der Waals surface area contributed by atoms with E-state index in [1.807, 2.05) is 32.3 Å². The zero-order valence-electron chi connectivity index (χ0n) is 10.4. The summed E-state index contributed by atoms with van der Waals surface area (Å²) >= 11 is 0. The van der Waals surface area contributed by atoms with Gasteiger partial charge in [0.25, 0.3) is 0 Å². The van der Waals surface area contributed by atoms with E-state index in [2.05, 4.69) is 22.4 Å². The molecule has 1 N–H and O–H groups in total. The van der Waals surface area contributed by atoms with E-state index in [-0.39, 0.29) is 0 Å². The standard InChI is InChI=1S/C13H17N3O/c1-9-6-14-5-4-12(9)7-15-8-13-10(2)16-17-11(13)3/h4-6,15H,7-8H2,1-3H3. The molecule has 2 aromatic heterocycles. The number of nitrogens with one attached hydrogen (secondary N) is 1. The van der Waals surface area contributed by atoms with Crippen molar-refractivity contribution in [3.05, 3.63) is 46.6 Å². The van der Waals surface area contributed by atoms with E-state index in [9.17, 15) is 0 Å². The van der Waals surface area contributed by atoms with Gasteiger partial charge in [0, 0.05) is 31.0 Å². The molecule has 4 heteroatoms. The molecule has 2 rings (SSSR count). The summed E-state index contributed by atoms with van der Waals surface area (Å²) in [5.41, 5.74) is 4.59. The van der Waals surface area contributed by atoms with E-state index in [0.29, 0.717) is 0 Å². The normalized spacial score (nSPS) is 10.8. The van der Waals surface area contributed by atoms with Crippen molar-refractivity contribution in [3.8, 4) is 0 Å². The summed E-state index contributed by atoms with van der Waals surface area (Å²) in [6.45, 7) is 7.58. The first kappa shape index (κ1) is 11.8. The highest BCUT2D eigenvalue weighted by atomic mass is 16.5. The molecule has 0 aliphatic carbocycles. The fourth-order valence-electron chi connectivity index (χ4n) is 1.78. The zero-order valence-corrected chi connectivity index (χ0v) is 10.4. The Bertz CT molecular complexity index is 486. The van der Waals surface area contributed by atoms with E-state index in [4.69, 9.17) is 4.52 Å². The summed E-state index contributed by atoms with van der Waals surface area (Å²) in [6, 6.07) is 2.04.